The molecule has 160 valence electrons. The van der Waals surface area contributed by atoms with E-state index in [2.05, 4.69) is 31.2 Å². The lowest BCUT2D eigenvalue weighted by molar-refractivity contribution is -0.142. The Labute approximate surface area is 187 Å². The molecule has 0 atom stereocenters. The number of halogens is 2. The van der Waals surface area contributed by atoms with Crippen molar-refractivity contribution >= 4 is 45.6 Å². The first-order valence-electron chi connectivity index (χ1n) is 8.72. The van der Waals surface area contributed by atoms with Gasteiger partial charge in [-0.25, -0.2) is 10.2 Å². The number of hydrazone groups is 1. The summed E-state index contributed by atoms with van der Waals surface area (Å²) >= 11 is 9.58. The van der Waals surface area contributed by atoms with Crippen LogP contribution in [0.2, 0.25) is 5.02 Å². The summed E-state index contributed by atoms with van der Waals surface area (Å²) in [6, 6.07) is 8.24. The number of methoxy groups -OCH3 is 2. The second-order valence-corrected chi connectivity index (χ2v) is 6.99. The number of hydrogen-bond donors (Lipinski definition) is 1. The number of benzene rings is 2. The van der Waals surface area contributed by atoms with E-state index in [0.29, 0.717) is 29.2 Å². The fourth-order valence-corrected chi connectivity index (χ4v) is 2.97. The SMILES string of the molecule is CCOc1cc(/C=N\NC(=O)c2cc(Br)ccc2OC)cc(Cl)c1OCC(=O)OC. The summed E-state index contributed by atoms with van der Waals surface area (Å²) < 4.78 is 21.4. The third kappa shape index (κ3) is 6.36. The number of rotatable bonds is 9. The zero-order chi connectivity index (χ0) is 22.1. The van der Waals surface area contributed by atoms with Crippen molar-refractivity contribution < 1.29 is 28.5 Å². The van der Waals surface area contributed by atoms with E-state index in [4.69, 9.17) is 25.8 Å². The van der Waals surface area contributed by atoms with E-state index in [9.17, 15) is 9.59 Å². The van der Waals surface area contributed by atoms with Crippen molar-refractivity contribution in [2.45, 2.75) is 6.92 Å². The lowest BCUT2D eigenvalue weighted by Crippen LogP contribution is -2.18. The maximum Gasteiger partial charge on any atom is 0.343 e. The molecule has 1 amide bonds. The first-order valence-corrected chi connectivity index (χ1v) is 9.89. The molecular formula is C20H20BrClN2O6. The molecule has 2 aromatic rings. The maximum absolute atomic E-state index is 12.4. The summed E-state index contributed by atoms with van der Waals surface area (Å²) in [7, 11) is 2.73. The third-order valence-corrected chi connectivity index (χ3v) is 4.45. The molecule has 0 aromatic heterocycles. The fourth-order valence-electron chi connectivity index (χ4n) is 2.34. The van der Waals surface area contributed by atoms with Crippen LogP contribution in [0.25, 0.3) is 0 Å². The number of nitrogens with zero attached hydrogens (tertiary/aromatic N) is 1. The van der Waals surface area contributed by atoms with Gasteiger partial charge in [-0.1, -0.05) is 27.5 Å². The van der Waals surface area contributed by atoms with E-state index < -0.39 is 11.9 Å². The van der Waals surface area contributed by atoms with Crippen LogP contribution in [0.1, 0.15) is 22.8 Å². The highest BCUT2D eigenvalue weighted by Crippen LogP contribution is 2.36. The van der Waals surface area contributed by atoms with Gasteiger partial charge in [-0.3, -0.25) is 4.79 Å². The standard InChI is InChI=1S/C20H20BrClN2O6/c1-4-29-17-8-12(7-15(22)19(17)30-11-18(25)28-3)10-23-24-20(26)14-9-13(21)5-6-16(14)27-2/h5-10H,4,11H2,1-3H3,(H,24,26)/b23-10-. The van der Waals surface area contributed by atoms with Crippen molar-refractivity contribution in [1.82, 2.24) is 5.43 Å². The van der Waals surface area contributed by atoms with Crippen LogP contribution in [-0.2, 0) is 9.53 Å². The monoisotopic (exact) mass is 498 g/mol. The molecule has 0 aliphatic carbocycles. The lowest BCUT2D eigenvalue weighted by atomic mass is 10.2. The summed E-state index contributed by atoms with van der Waals surface area (Å²) in [5.41, 5.74) is 3.31. The predicted molar refractivity (Wildman–Crippen MR) is 116 cm³/mol. The van der Waals surface area contributed by atoms with Crippen LogP contribution in [0.15, 0.2) is 39.9 Å². The van der Waals surface area contributed by atoms with Gasteiger partial charge in [0, 0.05) is 4.47 Å². The van der Waals surface area contributed by atoms with E-state index in [1.165, 1.54) is 20.4 Å². The molecule has 1 N–H and O–H groups in total. The zero-order valence-corrected chi connectivity index (χ0v) is 18.9. The Bertz CT molecular complexity index is 951. The van der Waals surface area contributed by atoms with Gasteiger partial charge in [-0.15, -0.1) is 0 Å². The summed E-state index contributed by atoms with van der Waals surface area (Å²) in [5.74, 6) is -0.0394. The van der Waals surface area contributed by atoms with Crippen molar-refractivity contribution in [1.29, 1.82) is 0 Å². The fraction of sp³-hybridized carbons (Fsp3) is 0.250. The van der Waals surface area contributed by atoms with Crippen molar-refractivity contribution in [3.05, 3.63) is 51.0 Å². The molecule has 0 unspecified atom stereocenters. The average molecular weight is 500 g/mol. The lowest BCUT2D eigenvalue weighted by Gasteiger charge is -2.13. The maximum atomic E-state index is 12.4. The highest BCUT2D eigenvalue weighted by Gasteiger charge is 2.15. The van der Waals surface area contributed by atoms with Crippen molar-refractivity contribution in [3.8, 4) is 17.2 Å². The first-order chi connectivity index (χ1) is 14.4. The molecule has 0 aliphatic rings. The Hall–Kier alpha value is -2.78. The molecule has 0 saturated carbocycles. The molecule has 0 saturated heterocycles. The smallest absolute Gasteiger partial charge is 0.343 e. The topological polar surface area (TPSA) is 95.5 Å². The van der Waals surface area contributed by atoms with Crippen LogP contribution in [-0.4, -0.2) is 45.5 Å². The minimum Gasteiger partial charge on any atom is -0.496 e. The van der Waals surface area contributed by atoms with Gasteiger partial charge in [-0.05, 0) is 42.8 Å². The van der Waals surface area contributed by atoms with Gasteiger partial charge in [0.05, 0.1) is 37.6 Å². The van der Waals surface area contributed by atoms with E-state index in [1.54, 1.807) is 37.3 Å². The van der Waals surface area contributed by atoms with Crippen LogP contribution in [0.5, 0.6) is 17.2 Å². The van der Waals surface area contributed by atoms with Crippen molar-refractivity contribution in [2.24, 2.45) is 5.10 Å². The Morgan fingerprint density at radius 3 is 2.60 bits per heavy atom. The number of carbonyl (C=O) groups excluding carboxylic acids is 2. The highest BCUT2D eigenvalue weighted by molar-refractivity contribution is 9.10. The number of carbonyl (C=O) groups is 2. The molecule has 30 heavy (non-hydrogen) atoms. The van der Waals surface area contributed by atoms with Crippen LogP contribution in [0.3, 0.4) is 0 Å². The second kappa shape index (κ2) is 11.4. The molecular weight excluding hydrogens is 480 g/mol. The third-order valence-electron chi connectivity index (χ3n) is 3.68. The van der Waals surface area contributed by atoms with Crippen LogP contribution >= 0.6 is 27.5 Å². The molecule has 0 heterocycles. The highest BCUT2D eigenvalue weighted by atomic mass is 79.9. The van der Waals surface area contributed by atoms with Gasteiger partial charge in [0.25, 0.3) is 5.91 Å². The predicted octanol–water partition coefficient (Wildman–Crippen LogP) is 3.83. The van der Waals surface area contributed by atoms with Crippen molar-refractivity contribution in [3.63, 3.8) is 0 Å². The summed E-state index contributed by atoms with van der Waals surface area (Å²) in [4.78, 5) is 23.7. The molecule has 0 spiro atoms. The molecule has 0 aliphatic heterocycles. The van der Waals surface area contributed by atoms with Crippen LogP contribution < -0.4 is 19.6 Å². The molecule has 2 rings (SSSR count). The van der Waals surface area contributed by atoms with Crippen molar-refractivity contribution in [2.75, 3.05) is 27.4 Å². The summed E-state index contributed by atoms with van der Waals surface area (Å²) in [5, 5.41) is 4.17. The van der Waals surface area contributed by atoms with Gasteiger partial charge in [-0.2, -0.15) is 5.10 Å². The Kier molecular flexibility index (Phi) is 8.94. The molecule has 2 aromatic carbocycles. The van der Waals surface area contributed by atoms with Crippen LogP contribution in [0, 0.1) is 0 Å². The molecule has 0 fully saturated rings. The Morgan fingerprint density at radius 1 is 1.17 bits per heavy atom. The molecule has 0 radical (unpaired) electrons. The minimum atomic E-state index is -0.551. The normalized spacial score (nSPS) is 10.6. The van der Waals surface area contributed by atoms with Gasteiger partial charge < -0.3 is 18.9 Å². The quantitative estimate of drug-likeness (QED) is 0.320. The largest absolute Gasteiger partial charge is 0.496 e. The van der Waals surface area contributed by atoms with Gasteiger partial charge in [0.15, 0.2) is 18.1 Å². The van der Waals surface area contributed by atoms with E-state index >= 15 is 0 Å². The number of amides is 1. The summed E-state index contributed by atoms with van der Waals surface area (Å²) in [6.07, 6.45) is 1.40. The zero-order valence-electron chi connectivity index (χ0n) is 16.5. The first kappa shape index (κ1) is 23.5. The van der Waals surface area contributed by atoms with Crippen LogP contribution in [0.4, 0.5) is 0 Å². The Balaban J connectivity index is 2.17. The molecule has 8 nitrogen and oxygen atoms in total. The summed E-state index contributed by atoms with van der Waals surface area (Å²) in [6.45, 7) is 1.84. The molecule has 0 bridgehead atoms. The molecule has 10 heteroatoms. The number of nitrogens with one attached hydrogen (secondary N) is 1. The van der Waals surface area contributed by atoms with E-state index in [-0.39, 0.29) is 17.4 Å². The Morgan fingerprint density at radius 2 is 1.93 bits per heavy atom. The second-order valence-electron chi connectivity index (χ2n) is 5.67. The van der Waals surface area contributed by atoms with Gasteiger partial charge in [0.2, 0.25) is 0 Å². The number of hydrogen-bond acceptors (Lipinski definition) is 7. The number of esters is 1. The minimum absolute atomic E-state index is 0.212. The van der Waals surface area contributed by atoms with E-state index in [1.807, 2.05) is 0 Å². The van der Waals surface area contributed by atoms with E-state index in [0.717, 1.165) is 4.47 Å². The average Bonchev–Trinajstić information content (AvgIpc) is 2.73. The van der Waals surface area contributed by atoms with Gasteiger partial charge in [0.1, 0.15) is 5.75 Å². The number of ether oxygens (including phenoxy) is 4. The van der Waals surface area contributed by atoms with Gasteiger partial charge >= 0.3 is 5.97 Å².